The van der Waals surface area contributed by atoms with Crippen molar-refractivity contribution in [3.8, 4) is 0 Å². The molecule has 0 bridgehead atoms. The highest BCUT2D eigenvalue weighted by Crippen LogP contribution is 2.49. The van der Waals surface area contributed by atoms with Crippen LogP contribution in [0, 0.1) is 5.92 Å². The predicted molar refractivity (Wildman–Crippen MR) is 87.9 cm³/mol. The summed E-state index contributed by atoms with van der Waals surface area (Å²) < 4.78 is 6.16. The van der Waals surface area contributed by atoms with Crippen molar-refractivity contribution in [2.75, 3.05) is 0 Å². The Hall–Kier alpha value is -0.380. The van der Waals surface area contributed by atoms with Crippen molar-refractivity contribution in [3.05, 3.63) is 21.4 Å². The molecule has 1 aliphatic heterocycles. The molecule has 0 radical (unpaired) electrons. The van der Waals surface area contributed by atoms with Crippen molar-refractivity contribution in [1.29, 1.82) is 0 Å². The van der Waals surface area contributed by atoms with E-state index in [2.05, 4.69) is 33.8 Å². The van der Waals surface area contributed by atoms with Crippen molar-refractivity contribution < 1.29 is 9.84 Å². The number of aliphatic hydroxyl groups excluding tert-OH is 1. The van der Waals surface area contributed by atoms with Gasteiger partial charge in [-0.05, 0) is 71.4 Å². The van der Waals surface area contributed by atoms with Gasteiger partial charge in [-0.3, -0.25) is 0 Å². The lowest BCUT2D eigenvalue weighted by atomic mass is 9.82. The van der Waals surface area contributed by atoms with Crippen LogP contribution in [0.4, 0.5) is 0 Å². The van der Waals surface area contributed by atoms with Gasteiger partial charge in [0.2, 0.25) is 0 Å². The van der Waals surface area contributed by atoms with E-state index in [1.807, 2.05) is 11.3 Å². The summed E-state index contributed by atoms with van der Waals surface area (Å²) in [4.78, 5) is 2.67. The largest absolute Gasteiger partial charge is 0.387 e. The van der Waals surface area contributed by atoms with Gasteiger partial charge in [-0.15, -0.1) is 11.3 Å². The number of aliphatic hydroxyl groups is 1. The highest BCUT2D eigenvalue weighted by atomic mass is 32.1. The first-order chi connectivity index (χ1) is 9.78. The van der Waals surface area contributed by atoms with Crippen molar-refractivity contribution in [1.82, 2.24) is 0 Å². The highest BCUT2D eigenvalue weighted by molar-refractivity contribution is 7.12. The number of thiophene rings is 1. The summed E-state index contributed by atoms with van der Waals surface area (Å²) in [5.74, 6) is 0.176. The molecule has 1 saturated heterocycles. The van der Waals surface area contributed by atoms with Gasteiger partial charge < -0.3 is 9.84 Å². The van der Waals surface area contributed by atoms with Gasteiger partial charge in [-0.25, -0.2) is 0 Å². The van der Waals surface area contributed by atoms with Crippen molar-refractivity contribution in [2.45, 2.75) is 83.5 Å². The van der Waals surface area contributed by atoms with E-state index < -0.39 is 6.10 Å². The molecule has 1 aliphatic carbocycles. The van der Waals surface area contributed by atoms with E-state index in [1.165, 1.54) is 42.5 Å². The summed E-state index contributed by atoms with van der Waals surface area (Å²) in [6.07, 6.45) is 6.86. The highest BCUT2D eigenvalue weighted by Gasteiger charge is 2.49. The fourth-order valence-corrected chi connectivity index (χ4v) is 5.44. The molecule has 2 heterocycles. The van der Waals surface area contributed by atoms with Crippen LogP contribution < -0.4 is 0 Å². The lowest BCUT2D eigenvalue weighted by Gasteiger charge is -2.29. The zero-order valence-corrected chi connectivity index (χ0v) is 14.6. The summed E-state index contributed by atoms with van der Waals surface area (Å²) >= 11 is 1.84. The topological polar surface area (TPSA) is 29.5 Å². The molecule has 3 heteroatoms. The molecule has 118 valence electrons. The molecule has 2 atom stereocenters. The number of hydrogen-bond acceptors (Lipinski definition) is 3. The number of hydrogen-bond donors (Lipinski definition) is 1. The maximum absolute atomic E-state index is 10.9. The Bertz CT molecular complexity index is 492. The Morgan fingerprint density at radius 2 is 1.90 bits per heavy atom. The second-order valence-corrected chi connectivity index (χ2v) is 9.05. The third kappa shape index (κ3) is 3.06. The Balaban J connectivity index is 1.84. The molecule has 1 fully saturated rings. The van der Waals surface area contributed by atoms with E-state index in [-0.39, 0.29) is 17.1 Å². The zero-order valence-electron chi connectivity index (χ0n) is 13.7. The quantitative estimate of drug-likeness (QED) is 0.806. The number of rotatable bonds is 2. The molecule has 2 unspecified atom stereocenters. The summed E-state index contributed by atoms with van der Waals surface area (Å²) in [5, 5.41) is 10.9. The fraction of sp³-hybridized carbons (Fsp3) is 0.778. The molecule has 2 nitrogen and oxygen atoms in total. The second-order valence-electron chi connectivity index (χ2n) is 7.88. The van der Waals surface area contributed by atoms with Crippen LogP contribution in [0.1, 0.15) is 74.8 Å². The van der Waals surface area contributed by atoms with Gasteiger partial charge in [0.05, 0.1) is 17.3 Å². The van der Waals surface area contributed by atoms with Crippen molar-refractivity contribution >= 4 is 11.3 Å². The third-order valence-electron chi connectivity index (χ3n) is 5.08. The third-order valence-corrected chi connectivity index (χ3v) is 6.39. The number of ether oxygens (including phenoxy) is 1. The maximum Gasteiger partial charge on any atom is 0.0938 e. The lowest BCUT2D eigenvalue weighted by molar-refractivity contribution is -0.0877. The zero-order chi connectivity index (χ0) is 15.3. The minimum absolute atomic E-state index is 0.135. The van der Waals surface area contributed by atoms with Gasteiger partial charge in [0.1, 0.15) is 0 Å². The van der Waals surface area contributed by atoms with Crippen molar-refractivity contribution in [3.63, 3.8) is 0 Å². The molecular formula is C18H28O2S. The van der Waals surface area contributed by atoms with E-state index in [4.69, 9.17) is 4.74 Å². The first-order valence-electron chi connectivity index (χ1n) is 8.28. The van der Waals surface area contributed by atoms with E-state index >= 15 is 0 Å². The van der Waals surface area contributed by atoms with Crippen LogP contribution >= 0.6 is 11.3 Å². The molecule has 0 aromatic carbocycles. The minimum Gasteiger partial charge on any atom is -0.387 e. The average molecular weight is 308 g/mol. The molecule has 21 heavy (non-hydrogen) atoms. The average Bonchev–Trinajstić information content (AvgIpc) is 2.77. The maximum atomic E-state index is 10.9. The Kier molecular flexibility index (Phi) is 3.96. The van der Waals surface area contributed by atoms with Gasteiger partial charge >= 0.3 is 0 Å². The monoisotopic (exact) mass is 308 g/mol. The van der Waals surface area contributed by atoms with E-state index in [0.717, 1.165) is 11.3 Å². The number of fused-ring (bicyclic) bond motifs is 1. The summed E-state index contributed by atoms with van der Waals surface area (Å²) in [5.41, 5.74) is 1.09. The van der Waals surface area contributed by atoms with Crippen LogP contribution in [0.2, 0.25) is 0 Å². The van der Waals surface area contributed by atoms with Crippen molar-refractivity contribution in [2.24, 2.45) is 5.92 Å². The predicted octanol–water partition coefficient (Wildman–Crippen LogP) is 4.64. The van der Waals surface area contributed by atoms with Crippen LogP contribution in [-0.4, -0.2) is 16.3 Å². The molecule has 0 amide bonds. The van der Waals surface area contributed by atoms with Crippen LogP contribution in [0.25, 0.3) is 0 Å². The van der Waals surface area contributed by atoms with Crippen LogP contribution in [0.15, 0.2) is 6.07 Å². The smallest absolute Gasteiger partial charge is 0.0938 e. The van der Waals surface area contributed by atoms with Crippen LogP contribution in [0.5, 0.6) is 0 Å². The van der Waals surface area contributed by atoms with Crippen LogP contribution in [0.3, 0.4) is 0 Å². The first kappa shape index (κ1) is 15.5. The van der Waals surface area contributed by atoms with Gasteiger partial charge in [0, 0.05) is 15.7 Å². The van der Waals surface area contributed by atoms with E-state index in [9.17, 15) is 5.11 Å². The molecule has 0 saturated carbocycles. The van der Waals surface area contributed by atoms with Gasteiger partial charge in [-0.1, -0.05) is 6.42 Å². The number of aryl methyl sites for hydroxylation is 2. The van der Waals surface area contributed by atoms with Gasteiger partial charge in [0.15, 0.2) is 0 Å². The Morgan fingerprint density at radius 1 is 1.19 bits per heavy atom. The molecule has 2 aliphatic rings. The Morgan fingerprint density at radius 3 is 2.57 bits per heavy atom. The SMILES string of the molecule is CC1(C)CC(C(O)c2cc3c(s2)CCCCC3)C(C)(C)O1. The summed E-state index contributed by atoms with van der Waals surface area (Å²) in [7, 11) is 0. The van der Waals surface area contributed by atoms with E-state index in [1.54, 1.807) is 0 Å². The summed E-state index contributed by atoms with van der Waals surface area (Å²) in [6.45, 7) is 8.50. The molecule has 3 rings (SSSR count). The second kappa shape index (κ2) is 5.36. The normalized spacial score (nSPS) is 28.9. The minimum atomic E-state index is -0.390. The Labute approximate surface area is 132 Å². The standard InChI is InChI=1S/C18H28O2S/c1-17(2)11-13(18(3,4)20-17)16(19)15-10-12-8-6-5-7-9-14(12)21-15/h10,13,16,19H,5-9,11H2,1-4H3. The van der Waals surface area contributed by atoms with Gasteiger partial charge in [0.25, 0.3) is 0 Å². The molecular weight excluding hydrogens is 280 g/mol. The fourth-order valence-electron chi connectivity index (χ4n) is 4.13. The molecule has 0 spiro atoms. The lowest BCUT2D eigenvalue weighted by Crippen LogP contribution is -2.32. The first-order valence-corrected chi connectivity index (χ1v) is 9.10. The van der Waals surface area contributed by atoms with Crippen LogP contribution in [-0.2, 0) is 17.6 Å². The molecule has 1 aromatic heterocycles. The summed E-state index contributed by atoms with van der Waals surface area (Å²) in [6, 6.07) is 2.28. The van der Waals surface area contributed by atoms with Gasteiger partial charge in [-0.2, -0.15) is 0 Å². The van der Waals surface area contributed by atoms with E-state index in [0.29, 0.717) is 0 Å². The molecule has 1 N–H and O–H groups in total. The molecule has 1 aromatic rings.